The van der Waals surface area contributed by atoms with Gasteiger partial charge in [0.15, 0.2) is 11.6 Å². The predicted octanol–water partition coefficient (Wildman–Crippen LogP) is 3.42. The molecule has 1 atom stereocenters. The van der Waals surface area contributed by atoms with Gasteiger partial charge in [0, 0.05) is 19.3 Å². The highest BCUT2D eigenvalue weighted by Gasteiger charge is 2.26. The number of rotatable bonds is 6. The molecule has 0 aliphatic rings. The minimum atomic E-state index is -3.17. The average Bonchev–Trinajstić information content (AvgIpc) is 3.05. The van der Waals surface area contributed by atoms with E-state index in [0.717, 1.165) is 6.33 Å². The number of hydrogen-bond acceptors (Lipinski definition) is 6. The van der Waals surface area contributed by atoms with E-state index >= 15 is 0 Å². The van der Waals surface area contributed by atoms with Crippen LogP contribution in [0.2, 0.25) is 0 Å². The third kappa shape index (κ3) is 4.42. The monoisotopic (exact) mass is 407 g/mol. The molecule has 0 spiro atoms. The molecule has 0 aliphatic carbocycles. The van der Waals surface area contributed by atoms with Crippen molar-refractivity contribution in [3.8, 4) is 11.4 Å². The Morgan fingerprint density at radius 2 is 2.00 bits per heavy atom. The Bertz CT molecular complexity index is 1040. The van der Waals surface area contributed by atoms with Crippen LogP contribution in [0, 0.1) is 5.82 Å². The zero-order valence-corrected chi connectivity index (χ0v) is 15.3. The first-order valence-electron chi connectivity index (χ1n) is 8.32. The van der Waals surface area contributed by atoms with Crippen LogP contribution in [0.1, 0.15) is 30.5 Å². The Kier molecular flexibility index (Phi) is 5.61. The number of aryl methyl sites for hydroxylation is 1. The van der Waals surface area contributed by atoms with Crippen LogP contribution in [-0.2, 0) is 7.05 Å². The first-order valence-corrected chi connectivity index (χ1v) is 8.32. The van der Waals surface area contributed by atoms with Crippen LogP contribution in [0.15, 0.2) is 30.7 Å². The van der Waals surface area contributed by atoms with Gasteiger partial charge in [-0.25, -0.2) is 27.9 Å². The summed E-state index contributed by atoms with van der Waals surface area (Å²) in [5, 5.41) is 17.7. The summed E-state index contributed by atoms with van der Waals surface area (Å²) in [4.78, 5) is 22.6. The van der Waals surface area contributed by atoms with Crippen molar-refractivity contribution in [1.29, 1.82) is 0 Å². The molecule has 0 saturated heterocycles. The fraction of sp³-hybridized carbons (Fsp3) is 0.235. The Balaban J connectivity index is 1.99. The molecule has 2 heterocycles. The van der Waals surface area contributed by atoms with Gasteiger partial charge in [0.25, 0.3) is 6.43 Å². The van der Waals surface area contributed by atoms with Crippen molar-refractivity contribution in [2.24, 2.45) is 7.05 Å². The molecule has 3 rings (SSSR count). The van der Waals surface area contributed by atoms with Crippen LogP contribution in [0.5, 0.6) is 0 Å². The molecule has 0 fully saturated rings. The lowest BCUT2D eigenvalue weighted by Crippen LogP contribution is -2.25. The number of halogens is 3. The van der Waals surface area contributed by atoms with Gasteiger partial charge in [-0.05, 0) is 18.6 Å². The summed E-state index contributed by atoms with van der Waals surface area (Å²) < 4.78 is 43.6. The van der Waals surface area contributed by atoms with Gasteiger partial charge in [-0.3, -0.25) is 4.68 Å². The Morgan fingerprint density at radius 1 is 1.24 bits per heavy atom. The number of nitrogens with zero attached hydrogens (tertiary/aromatic N) is 5. The second kappa shape index (κ2) is 8.12. The number of hydrogen-bond donors (Lipinski definition) is 3. The maximum atomic E-state index is 14.9. The van der Waals surface area contributed by atoms with E-state index in [2.05, 4.69) is 25.4 Å². The van der Waals surface area contributed by atoms with Gasteiger partial charge >= 0.3 is 6.09 Å². The lowest BCUT2D eigenvalue weighted by molar-refractivity contribution is 0.144. The molecule has 0 unspecified atom stereocenters. The minimum Gasteiger partial charge on any atom is -0.465 e. The number of nitrogens with one attached hydrogen (secondary N) is 2. The van der Waals surface area contributed by atoms with Crippen molar-refractivity contribution in [3.63, 3.8) is 0 Å². The van der Waals surface area contributed by atoms with Crippen molar-refractivity contribution < 1.29 is 23.1 Å². The molecule has 0 bridgehead atoms. The fourth-order valence-corrected chi connectivity index (χ4v) is 2.73. The van der Waals surface area contributed by atoms with Gasteiger partial charge in [0.2, 0.25) is 5.95 Å². The van der Waals surface area contributed by atoms with E-state index in [1.807, 2.05) is 5.32 Å². The first kappa shape index (κ1) is 20.0. The molecule has 0 aliphatic heterocycles. The van der Waals surface area contributed by atoms with Gasteiger partial charge in [-0.1, -0.05) is 6.07 Å². The lowest BCUT2D eigenvalue weighted by atomic mass is 9.97. The molecule has 1 amide bonds. The normalized spacial score (nSPS) is 12.1. The van der Waals surface area contributed by atoms with E-state index in [9.17, 15) is 18.0 Å². The molecule has 12 heteroatoms. The highest BCUT2D eigenvalue weighted by molar-refractivity contribution is 5.66. The standard InChI is InChI=1S/C17H16F3N7O2/c1-8(23-17(28)29)9-3-4-10(13(18)12(9)14(19)20)15-21-7-22-16(25-15)24-11-5-6-27(2)26-11/h3-8,14,23H,1-2H3,(H,28,29)(H,21,22,24,25,26)/t8-/m1/s1. The Morgan fingerprint density at radius 3 is 2.62 bits per heavy atom. The van der Waals surface area contributed by atoms with Gasteiger partial charge < -0.3 is 15.7 Å². The molecular weight excluding hydrogens is 391 g/mol. The number of alkyl halides is 2. The average molecular weight is 407 g/mol. The highest BCUT2D eigenvalue weighted by Crippen LogP contribution is 2.34. The summed E-state index contributed by atoms with van der Waals surface area (Å²) in [5.41, 5.74) is -1.36. The predicted molar refractivity (Wildman–Crippen MR) is 96.2 cm³/mol. The van der Waals surface area contributed by atoms with Crippen LogP contribution in [0.25, 0.3) is 11.4 Å². The number of carboxylic acid groups (broad SMARTS) is 1. The summed E-state index contributed by atoms with van der Waals surface area (Å²) in [5.74, 6) is -0.909. The molecule has 3 aromatic rings. The number of aromatic nitrogens is 5. The summed E-state index contributed by atoms with van der Waals surface area (Å²) >= 11 is 0. The first-order chi connectivity index (χ1) is 13.8. The van der Waals surface area contributed by atoms with Crippen LogP contribution in [-0.4, -0.2) is 35.9 Å². The van der Waals surface area contributed by atoms with Crippen molar-refractivity contribution in [2.45, 2.75) is 19.4 Å². The number of anilines is 2. The highest BCUT2D eigenvalue weighted by atomic mass is 19.3. The smallest absolute Gasteiger partial charge is 0.405 e. The van der Waals surface area contributed by atoms with Crippen LogP contribution >= 0.6 is 0 Å². The topological polar surface area (TPSA) is 118 Å². The van der Waals surface area contributed by atoms with E-state index in [1.54, 1.807) is 24.0 Å². The second-order valence-corrected chi connectivity index (χ2v) is 6.03. The number of amides is 1. The second-order valence-electron chi connectivity index (χ2n) is 6.03. The quantitative estimate of drug-likeness (QED) is 0.573. The number of carbonyl (C=O) groups is 1. The van der Waals surface area contributed by atoms with Crippen molar-refractivity contribution in [2.75, 3.05) is 5.32 Å². The van der Waals surface area contributed by atoms with Crippen molar-refractivity contribution >= 4 is 17.9 Å². The van der Waals surface area contributed by atoms with Crippen LogP contribution in [0.4, 0.5) is 29.7 Å². The zero-order valence-electron chi connectivity index (χ0n) is 15.3. The minimum absolute atomic E-state index is 0.0525. The Hall–Kier alpha value is -3.70. The van der Waals surface area contributed by atoms with E-state index in [-0.39, 0.29) is 22.9 Å². The SMILES string of the molecule is C[C@@H](NC(=O)O)c1ccc(-c2ncnc(Nc3ccn(C)n3)n2)c(F)c1C(F)F. The van der Waals surface area contributed by atoms with Crippen LogP contribution < -0.4 is 10.6 Å². The van der Waals surface area contributed by atoms with Gasteiger partial charge in [0.1, 0.15) is 12.1 Å². The van der Waals surface area contributed by atoms with E-state index in [0.29, 0.717) is 5.82 Å². The van der Waals surface area contributed by atoms with E-state index in [1.165, 1.54) is 19.1 Å². The summed E-state index contributed by atoms with van der Waals surface area (Å²) in [7, 11) is 1.72. The summed E-state index contributed by atoms with van der Waals surface area (Å²) in [6, 6.07) is 3.05. The maximum Gasteiger partial charge on any atom is 0.405 e. The molecule has 0 radical (unpaired) electrons. The fourth-order valence-electron chi connectivity index (χ4n) is 2.73. The largest absolute Gasteiger partial charge is 0.465 e. The molecule has 3 N–H and O–H groups in total. The molecule has 0 saturated carbocycles. The summed E-state index contributed by atoms with van der Waals surface area (Å²) in [6.45, 7) is 1.34. The van der Waals surface area contributed by atoms with E-state index in [4.69, 9.17) is 5.11 Å². The third-order valence-electron chi connectivity index (χ3n) is 4.00. The molecule has 9 nitrogen and oxygen atoms in total. The van der Waals surface area contributed by atoms with Gasteiger partial charge in [-0.2, -0.15) is 10.1 Å². The molecular formula is C17H16F3N7O2. The van der Waals surface area contributed by atoms with E-state index < -0.39 is 29.9 Å². The maximum absolute atomic E-state index is 14.9. The molecule has 1 aromatic carbocycles. The van der Waals surface area contributed by atoms with Crippen molar-refractivity contribution in [1.82, 2.24) is 30.0 Å². The van der Waals surface area contributed by atoms with Gasteiger partial charge in [0.05, 0.1) is 17.2 Å². The number of benzene rings is 1. The molecule has 2 aromatic heterocycles. The van der Waals surface area contributed by atoms with Crippen LogP contribution in [0.3, 0.4) is 0 Å². The Labute approximate surface area is 162 Å². The molecule has 29 heavy (non-hydrogen) atoms. The van der Waals surface area contributed by atoms with Crippen molar-refractivity contribution in [3.05, 3.63) is 47.7 Å². The summed E-state index contributed by atoms with van der Waals surface area (Å²) in [6.07, 6.45) is -1.79. The lowest BCUT2D eigenvalue weighted by Gasteiger charge is -2.18. The molecule has 152 valence electrons. The third-order valence-corrected chi connectivity index (χ3v) is 4.00. The van der Waals surface area contributed by atoms with Gasteiger partial charge in [-0.15, -0.1) is 0 Å². The zero-order chi connectivity index (χ0) is 21.1.